The normalized spacial score (nSPS) is 12.3. The molecular formula is C18H17NOS. The number of aliphatic hydroxyl groups is 1. The first-order chi connectivity index (χ1) is 10.2. The molecule has 0 saturated carbocycles. The topological polar surface area (TPSA) is 33.1 Å². The molecule has 1 unspecified atom stereocenters. The van der Waals surface area contributed by atoms with Gasteiger partial charge in [0.15, 0.2) is 0 Å². The van der Waals surface area contributed by atoms with Gasteiger partial charge in [-0.2, -0.15) is 0 Å². The Morgan fingerprint density at radius 1 is 1.05 bits per heavy atom. The minimum Gasteiger partial charge on any atom is -0.388 e. The second kappa shape index (κ2) is 6.20. The van der Waals surface area contributed by atoms with Gasteiger partial charge in [0.1, 0.15) is 0 Å². The Morgan fingerprint density at radius 3 is 2.48 bits per heavy atom. The van der Waals surface area contributed by atoms with Gasteiger partial charge in [-0.05, 0) is 12.5 Å². The van der Waals surface area contributed by atoms with E-state index in [4.69, 9.17) is 0 Å². The third-order valence-electron chi connectivity index (χ3n) is 3.45. The van der Waals surface area contributed by atoms with Crippen LogP contribution >= 0.6 is 11.3 Å². The molecule has 0 saturated heterocycles. The van der Waals surface area contributed by atoms with Crippen molar-refractivity contribution in [3.8, 4) is 11.3 Å². The fourth-order valence-electron chi connectivity index (χ4n) is 2.22. The maximum Gasteiger partial charge on any atom is 0.0961 e. The molecule has 0 spiro atoms. The molecule has 0 aliphatic heterocycles. The third kappa shape index (κ3) is 3.38. The van der Waals surface area contributed by atoms with Crippen LogP contribution in [0.15, 0.2) is 60.0 Å². The molecule has 0 aliphatic carbocycles. The van der Waals surface area contributed by atoms with Gasteiger partial charge >= 0.3 is 0 Å². The Bertz CT molecular complexity index is 704. The third-order valence-corrected chi connectivity index (χ3v) is 4.32. The molecule has 2 aromatic carbocycles. The lowest BCUT2D eigenvalue weighted by molar-refractivity contribution is 0.178. The standard InChI is InChI=1S/C18H17NOS/c1-13-7-9-15(10-8-13)17(20)11-18-19-16(12-21-18)14-5-3-2-4-6-14/h2-10,12,17,20H,11H2,1H3. The summed E-state index contributed by atoms with van der Waals surface area (Å²) < 4.78 is 0. The van der Waals surface area contributed by atoms with Crippen molar-refractivity contribution in [1.82, 2.24) is 4.98 Å². The van der Waals surface area contributed by atoms with E-state index in [-0.39, 0.29) is 0 Å². The van der Waals surface area contributed by atoms with Crippen molar-refractivity contribution in [3.63, 3.8) is 0 Å². The second-order valence-electron chi connectivity index (χ2n) is 5.12. The molecule has 0 fully saturated rings. The molecule has 0 radical (unpaired) electrons. The van der Waals surface area contributed by atoms with Gasteiger partial charge in [0, 0.05) is 17.4 Å². The number of benzene rings is 2. The number of thiazole rings is 1. The number of rotatable bonds is 4. The first-order valence-corrected chi connectivity index (χ1v) is 7.85. The molecular weight excluding hydrogens is 278 g/mol. The molecule has 1 N–H and O–H groups in total. The molecule has 106 valence electrons. The van der Waals surface area contributed by atoms with E-state index in [1.807, 2.05) is 54.8 Å². The van der Waals surface area contributed by atoms with Gasteiger partial charge in [0.2, 0.25) is 0 Å². The Balaban J connectivity index is 1.74. The zero-order valence-corrected chi connectivity index (χ0v) is 12.7. The number of aliphatic hydroxyl groups excluding tert-OH is 1. The maximum absolute atomic E-state index is 10.3. The van der Waals surface area contributed by atoms with Crippen molar-refractivity contribution in [3.05, 3.63) is 76.1 Å². The van der Waals surface area contributed by atoms with E-state index in [9.17, 15) is 5.11 Å². The highest BCUT2D eigenvalue weighted by atomic mass is 32.1. The van der Waals surface area contributed by atoms with Crippen LogP contribution in [-0.2, 0) is 6.42 Å². The lowest BCUT2D eigenvalue weighted by Crippen LogP contribution is -2.01. The Kier molecular flexibility index (Phi) is 4.13. The van der Waals surface area contributed by atoms with Crippen LogP contribution in [0.25, 0.3) is 11.3 Å². The molecule has 3 heteroatoms. The number of hydrogen-bond donors (Lipinski definition) is 1. The summed E-state index contributed by atoms with van der Waals surface area (Å²) in [5.41, 5.74) is 4.24. The monoisotopic (exact) mass is 295 g/mol. The van der Waals surface area contributed by atoms with E-state index in [2.05, 4.69) is 17.1 Å². The van der Waals surface area contributed by atoms with E-state index in [1.165, 1.54) is 5.56 Å². The van der Waals surface area contributed by atoms with Gasteiger partial charge < -0.3 is 5.11 Å². The Labute approximate surface area is 128 Å². The van der Waals surface area contributed by atoms with Crippen LogP contribution in [0.1, 0.15) is 22.2 Å². The van der Waals surface area contributed by atoms with Crippen molar-refractivity contribution < 1.29 is 5.11 Å². The summed E-state index contributed by atoms with van der Waals surface area (Å²) >= 11 is 1.60. The highest BCUT2D eigenvalue weighted by molar-refractivity contribution is 7.09. The summed E-state index contributed by atoms with van der Waals surface area (Å²) in [6.07, 6.45) is 0.0565. The van der Waals surface area contributed by atoms with Crippen molar-refractivity contribution >= 4 is 11.3 Å². The zero-order valence-electron chi connectivity index (χ0n) is 11.9. The Morgan fingerprint density at radius 2 is 1.76 bits per heavy atom. The van der Waals surface area contributed by atoms with E-state index in [0.29, 0.717) is 6.42 Å². The van der Waals surface area contributed by atoms with Crippen molar-refractivity contribution in [2.75, 3.05) is 0 Å². The van der Waals surface area contributed by atoms with E-state index in [0.717, 1.165) is 21.8 Å². The summed E-state index contributed by atoms with van der Waals surface area (Å²) in [7, 11) is 0. The first-order valence-electron chi connectivity index (χ1n) is 6.97. The summed E-state index contributed by atoms with van der Waals surface area (Å²) in [6, 6.07) is 18.1. The zero-order chi connectivity index (χ0) is 14.7. The molecule has 1 heterocycles. The minimum atomic E-state index is -0.500. The summed E-state index contributed by atoms with van der Waals surface area (Å²) in [4.78, 5) is 4.62. The second-order valence-corrected chi connectivity index (χ2v) is 6.07. The van der Waals surface area contributed by atoms with E-state index in [1.54, 1.807) is 11.3 Å². The molecule has 1 aromatic heterocycles. The predicted octanol–water partition coefficient (Wildman–Crippen LogP) is 4.39. The number of aryl methyl sites for hydroxylation is 1. The minimum absolute atomic E-state index is 0.500. The van der Waals surface area contributed by atoms with Crippen LogP contribution < -0.4 is 0 Å². The molecule has 1 atom stereocenters. The average molecular weight is 295 g/mol. The van der Waals surface area contributed by atoms with Crippen LogP contribution in [0.2, 0.25) is 0 Å². The average Bonchev–Trinajstić information content (AvgIpc) is 2.97. The molecule has 0 aliphatic rings. The molecule has 0 amide bonds. The largest absolute Gasteiger partial charge is 0.388 e. The SMILES string of the molecule is Cc1ccc(C(O)Cc2nc(-c3ccccc3)cs2)cc1. The fraction of sp³-hybridized carbons (Fsp3) is 0.167. The van der Waals surface area contributed by atoms with Crippen LogP contribution in [-0.4, -0.2) is 10.1 Å². The predicted molar refractivity (Wildman–Crippen MR) is 87.4 cm³/mol. The highest BCUT2D eigenvalue weighted by Gasteiger charge is 2.12. The lowest BCUT2D eigenvalue weighted by Gasteiger charge is -2.09. The van der Waals surface area contributed by atoms with Gasteiger partial charge in [0.25, 0.3) is 0 Å². The van der Waals surface area contributed by atoms with Crippen LogP contribution in [0.4, 0.5) is 0 Å². The summed E-state index contributed by atoms with van der Waals surface area (Å²) in [5, 5.41) is 13.3. The molecule has 0 bridgehead atoms. The highest BCUT2D eigenvalue weighted by Crippen LogP contribution is 2.25. The van der Waals surface area contributed by atoms with E-state index < -0.39 is 6.10 Å². The number of hydrogen-bond acceptors (Lipinski definition) is 3. The molecule has 21 heavy (non-hydrogen) atoms. The summed E-state index contributed by atoms with van der Waals surface area (Å²) in [6.45, 7) is 2.04. The van der Waals surface area contributed by atoms with Gasteiger partial charge in [-0.25, -0.2) is 4.98 Å². The number of aromatic nitrogens is 1. The van der Waals surface area contributed by atoms with Crippen LogP contribution in [0.5, 0.6) is 0 Å². The quantitative estimate of drug-likeness (QED) is 0.774. The molecule has 3 rings (SSSR count). The lowest BCUT2D eigenvalue weighted by atomic mass is 10.1. The fourth-order valence-corrected chi connectivity index (χ4v) is 3.06. The molecule has 3 aromatic rings. The Hall–Kier alpha value is -1.97. The number of nitrogens with zero attached hydrogens (tertiary/aromatic N) is 1. The van der Waals surface area contributed by atoms with Gasteiger partial charge in [0.05, 0.1) is 16.8 Å². The van der Waals surface area contributed by atoms with Gasteiger partial charge in [-0.3, -0.25) is 0 Å². The van der Waals surface area contributed by atoms with Crippen molar-refractivity contribution in [1.29, 1.82) is 0 Å². The van der Waals surface area contributed by atoms with Crippen LogP contribution in [0.3, 0.4) is 0 Å². The molecule has 2 nitrogen and oxygen atoms in total. The first kappa shape index (κ1) is 14.0. The van der Waals surface area contributed by atoms with Crippen molar-refractivity contribution in [2.45, 2.75) is 19.4 Å². The van der Waals surface area contributed by atoms with Gasteiger partial charge in [-0.15, -0.1) is 11.3 Å². The van der Waals surface area contributed by atoms with Crippen LogP contribution in [0, 0.1) is 6.92 Å². The smallest absolute Gasteiger partial charge is 0.0961 e. The summed E-state index contributed by atoms with van der Waals surface area (Å²) in [5.74, 6) is 0. The van der Waals surface area contributed by atoms with Crippen molar-refractivity contribution in [2.24, 2.45) is 0 Å². The van der Waals surface area contributed by atoms with E-state index >= 15 is 0 Å². The maximum atomic E-state index is 10.3. The van der Waals surface area contributed by atoms with Gasteiger partial charge in [-0.1, -0.05) is 60.2 Å².